The fourth-order valence-electron chi connectivity index (χ4n) is 1.68. The smallest absolute Gasteiger partial charge is 0.342 e. The number of ether oxygens (including phenoxy) is 1. The van der Waals surface area contributed by atoms with Crippen LogP contribution in [-0.2, 0) is 16.1 Å². The molecule has 0 aliphatic rings. The zero-order valence-electron chi connectivity index (χ0n) is 11.7. The normalized spacial score (nSPS) is 11.7. The summed E-state index contributed by atoms with van der Waals surface area (Å²) < 4.78 is 10.7. The van der Waals surface area contributed by atoms with E-state index in [-0.39, 0.29) is 17.9 Å². The first-order valence-electron chi connectivity index (χ1n) is 6.47. The van der Waals surface area contributed by atoms with Gasteiger partial charge >= 0.3 is 5.97 Å². The van der Waals surface area contributed by atoms with Gasteiger partial charge in [-0.3, -0.25) is 4.79 Å². The molecule has 0 aliphatic heterocycles. The first-order valence-corrected chi connectivity index (χ1v) is 7.26. The number of rotatable bonds is 5. The molecule has 1 heterocycles. The third kappa shape index (κ3) is 4.11. The van der Waals surface area contributed by atoms with E-state index in [1.165, 1.54) is 25.3 Å². The quantitative estimate of drug-likeness (QED) is 0.792. The molecular weight excluding hydrogens is 354 g/mol. The minimum Gasteiger partial charge on any atom is -0.507 e. The number of hydrogen-bond donors (Lipinski definition) is 2. The molecule has 2 aromatic rings. The van der Waals surface area contributed by atoms with Gasteiger partial charge in [0, 0.05) is 4.47 Å². The van der Waals surface area contributed by atoms with Crippen LogP contribution in [0.5, 0.6) is 5.75 Å². The summed E-state index contributed by atoms with van der Waals surface area (Å²) in [6.07, 6.45) is 0.502. The van der Waals surface area contributed by atoms with Gasteiger partial charge in [-0.15, -0.1) is 0 Å². The highest BCUT2D eigenvalue weighted by atomic mass is 79.9. The number of phenolic OH excluding ortho intramolecular Hbond substituents is 1. The summed E-state index contributed by atoms with van der Waals surface area (Å²) in [5.74, 6) is -0.855. The average molecular weight is 368 g/mol. The van der Waals surface area contributed by atoms with Gasteiger partial charge < -0.3 is 19.6 Å². The molecule has 0 unspecified atom stereocenters. The molecule has 2 N–H and O–H groups in total. The number of amides is 1. The van der Waals surface area contributed by atoms with Gasteiger partial charge in [-0.1, -0.05) is 15.9 Å². The maximum Gasteiger partial charge on any atom is 0.342 e. The van der Waals surface area contributed by atoms with Gasteiger partial charge in [0.25, 0.3) is 5.91 Å². The lowest BCUT2D eigenvalue weighted by molar-refractivity contribution is -0.129. The van der Waals surface area contributed by atoms with Crippen molar-refractivity contribution in [2.75, 3.05) is 0 Å². The predicted molar refractivity (Wildman–Crippen MR) is 81.2 cm³/mol. The number of hydrogen-bond acceptors (Lipinski definition) is 5. The number of furan rings is 1. The zero-order valence-corrected chi connectivity index (χ0v) is 13.3. The van der Waals surface area contributed by atoms with Gasteiger partial charge in [-0.25, -0.2) is 4.79 Å². The maximum atomic E-state index is 12.0. The number of benzene rings is 1. The van der Waals surface area contributed by atoms with Crippen LogP contribution in [0, 0.1) is 0 Å². The third-order valence-corrected chi connectivity index (χ3v) is 3.34. The van der Waals surface area contributed by atoms with Crippen LogP contribution >= 0.6 is 15.9 Å². The number of esters is 1. The van der Waals surface area contributed by atoms with E-state index in [1.54, 1.807) is 18.2 Å². The lowest BCUT2D eigenvalue weighted by atomic mass is 10.2. The molecule has 0 spiro atoms. The van der Waals surface area contributed by atoms with E-state index >= 15 is 0 Å². The summed E-state index contributed by atoms with van der Waals surface area (Å²) >= 11 is 3.20. The van der Waals surface area contributed by atoms with Crippen LogP contribution in [0.25, 0.3) is 0 Å². The SMILES string of the molecule is C[C@@H](OC(=O)c1cc(Br)ccc1O)C(=O)NCc1ccco1. The minimum absolute atomic E-state index is 0.0138. The van der Waals surface area contributed by atoms with Crippen molar-refractivity contribution in [3.63, 3.8) is 0 Å². The first-order chi connectivity index (χ1) is 10.5. The Morgan fingerprint density at radius 2 is 2.18 bits per heavy atom. The largest absolute Gasteiger partial charge is 0.507 e. The van der Waals surface area contributed by atoms with Crippen LogP contribution in [0.1, 0.15) is 23.0 Å². The van der Waals surface area contributed by atoms with E-state index in [4.69, 9.17) is 9.15 Å². The summed E-state index contributed by atoms with van der Waals surface area (Å²) in [5.41, 5.74) is -0.0138. The van der Waals surface area contributed by atoms with E-state index in [9.17, 15) is 14.7 Å². The predicted octanol–water partition coefficient (Wildman–Crippen LogP) is 2.61. The molecule has 1 aromatic carbocycles. The Morgan fingerprint density at radius 1 is 1.41 bits per heavy atom. The fraction of sp³-hybridized carbons (Fsp3) is 0.200. The van der Waals surface area contributed by atoms with Crippen LogP contribution in [0.2, 0.25) is 0 Å². The summed E-state index contributed by atoms with van der Waals surface area (Å²) in [6, 6.07) is 7.80. The van der Waals surface area contributed by atoms with Gasteiger partial charge in [-0.05, 0) is 37.3 Å². The van der Waals surface area contributed by atoms with Crippen molar-refractivity contribution in [2.45, 2.75) is 19.6 Å². The lowest BCUT2D eigenvalue weighted by Crippen LogP contribution is -2.35. The van der Waals surface area contributed by atoms with Crippen molar-refractivity contribution in [2.24, 2.45) is 0 Å². The van der Waals surface area contributed by atoms with Crippen molar-refractivity contribution in [3.05, 3.63) is 52.4 Å². The third-order valence-electron chi connectivity index (χ3n) is 2.85. The van der Waals surface area contributed by atoms with Crippen LogP contribution in [0.4, 0.5) is 0 Å². The topological polar surface area (TPSA) is 88.8 Å². The van der Waals surface area contributed by atoms with Gasteiger partial charge in [0.05, 0.1) is 12.8 Å². The van der Waals surface area contributed by atoms with E-state index in [2.05, 4.69) is 21.2 Å². The minimum atomic E-state index is -0.999. The van der Waals surface area contributed by atoms with E-state index in [0.29, 0.717) is 10.2 Å². The van der Waals surface area contributed by atoms with Gasteiger partial charge in [0.1, 0.15) is 17.1 Å². The second-order valence-corrected chi connectivity index (χ2v) is 5.42. The zero-order chi connectivity index (χ0) is 16.1. The molecule has 1 aromatic heterocycles. The van der Waals surface area contributed by atoms with Crippen LogP contribution in [0.15, 0.2) is 45.5 Å². The number of carbonyl (C=O) groups is 2. The van der Waals surface area contributed by atoms with Gasteiger partial charge in [-0.2, -0.15) is 0 Å². The molecule has 0 aliphatic carbocycles. The molecule has 7 heteroatoms. The van der Waals surface area contributed by atoms with Crippen molar-refractivity contribution in [3.8, 4) is 5.75 Å². The Labute approximate surface area is 135 Å². The van der Waals surface area contributed by atoms with Crippen LogP contribution < -0.4 is 5.32 Å². The Hall–Kier alpha value is -2.28. The number of nitrogens with one attached hydrogen (secondary N) is 1. The van der Waals surface area contributed by atoms with Crippen molar-refractivity contribution in [1.29, 1.82) is 0 Å². The highest BCUT2D eigenvalue weighted by Crippen LogP contribution is 2.23. The molecule has 0 bridgehead atoms. The van der Waals surface area contributed by atoms with E-state index < -0.39 is 18.0 Å². The summed E-state index contributed by atoms with van der Waals surface area (Å²) in [7, 11) is 0. The molecule has 0 saturated heterocycles. The van der Waals surface area contributed by atoms with Crippen LogP contribution in [0.3, 0.4) is 0 Å². The number of aromatic hydroxyl groups is 1. The molecule has 1 amide bonds. The van der Waals surface area contributed by atoms with Gasteiger partial charge in [0.15, 0.2) is 6.10 Å². The molecule has 0 radical (unpaired) electrons. The van der Waals surface area contributed by atoms with Crippen molar-refractivity contribution < 1.29 is 23.8 Å². The summed E-state index contributed by atoms with van der Waals surface area (Å²) in [4.78, 5) is 23.8. The molecule has 22 heavy (non-hydrogen) atoms. The van der Waals surface area contributed by atoms with Gasteiger partial charge in [0.2, 0.25) is 0 Å². The van der Waals surface area contributed by atoms with Crippen molar-refractivity contribution in [1.82, 2.24) is 5.32 Å². The molecule has 1 atom stereocenters. The van der Waals surface area contributed by atoms with Crippen molar-refractivity contribution >= 4 is 27.8 Å². The summed E-state index contributed by atoms with van der Waals surface area (Å²) in [5, 5.41) is 12.2. The average Bonchev–Trinajstić information content (AvgIpc) is 3.00. The first kappa shape index (κ1) is 16.1. The molecule has 2 rings (SSSR count). The second-order valence-electron chi connectivity index (χ2n) is 4.51. The molecule has 6 nitrogen and oxygen atoms in total. The number of halogens is 1. The highest BCUT2D eigenvalue weighted by Gasteiger charge is 2.21. The fourth-order valence-corrected chi connectivity index (χ4v) is 2.04. The lowest BCUT2D eigenvalue weighted by Gasteiger charge is -2.13. The Morgan fingerprint density at radius 3 is 2.86 bits per heavy atom. The molecular formula is C15H14BrNO5. The molecule has 116 valence electrons. The Bertz CT molecular complexity index is 669. The maximum absolute atomic E-state index is 12.0. The second kappa shape index (κ2) is 7.13. The number of carbonyl (C=O) groups excluding carboxylic acids is 2. The monoisotopic (exact) mass is 367 g/mol. The van der Waals surface area contributed by atoms with Crippen LogP contribution in [-0.4, -0.2) is 23.1 Å². The molecule has 0 saturated carbocycles. The number of phenols is 1. The Balaban J connectivity index is 1.92. The summed E-state index contributed by atoms with van der Waals surface area (Å²) in [6.45, 7) is 1.65. The Kier molecular flexibility index (Phi) is 5.21. The van der Waals surface area contributed by atoms with E-state index in [0.717, 1.165) is 0 Å². The standard InChI is InChI=1S/C15H14BrNO5/c1-9(14(19)17-8-11-3-2-6-21-11)22-15(20)12-7-10(16)4-5-13(12)18/h2-7,9,18H,8H2,1H3,(H,17,19)/t9-/m1/s1. The highest BCUT2D eigenvalue weighted by molar-refractivity contribution is 9.10. The molecule has 0 fully saturated rings. The van der Waals surface area contributed by atoms with E-state index in [1.807, 2.05) is 0 Å².